The second-order valence-corrected chi connectivity index (χ2v) is 6.56. The minimum Gasteiger partial charge on any atom is -0.241 e. The summed E-state index contributed by atoms with van der Waals surface area (Å²) in [5.74, 6) is 2.55. The van der Waals surface area contributed by atoms with Gasteiger partial charge in [-0.15, -0.1) is 0 Å². The summed E-state index contributed by atoms with van der Waals surface area (Å²) in [6, 6.07) is 16.3. The molecule has 0 N–H and O–H groups in total. The summed E-state index contributed by atoms with van der Waals surface area (Å²) in [7, 11) is 0. The smallest absolute Gasteiger partial charge is 0.167 e. The molecule has 0 amide bonds. The van der Waals surface area contributed by atoms with E-state index in [-0.39, 0.29) is 0 Å². The molecule has 5 heteroatoms. The number of benzene rings is 2. The standard InChI is InChI=1S/C22H19N5/c1-14-4-8-17(9-5-14)20-25-21(18-10-6-15(2)7-11-18)27-22(26-20)19-12-23-16(3)24-13-19/h4-13H,1-3H3. The second kappa shape index (κ2) is 7.03. The number of hydrogen-bond donors (Lipinski definition) is 0. The quantitative estimate of drug-likeness (QED) is 0.539. The van der Waals surface area contributed by atoms with Crippen LogP contribution in [0, 0.1) is 20.8 Å². The molecule has 0 radical (unpaired) electrons. The lowest BCUT2D eigenvalue weighted by Gasteiger charge is -2.08. The van der Waals surface area contributed by atoms with E-state index in [1.54, 1.807) is 12.4 Å². The highest BCUT2D eigenvalue weighted by molar-refractivity contribution is 5.65. The monoisotopic (exact) mass is 353 g/mol. The number of hydrogen-bond acceptors (Lipinski definition) is 5. The van der Waals surface area contributed by atoms with Crippen molar-refractivity contribution in [2.75, 3.05) is 0 Å². The van der Waals surface area contributed by atoms with Crippen LogP contribution < -0.4 is 0 Å². The van der Waals surface area contributed by atoms with E-state index in [0.717, 1.165) is 16.7 Å². The molecule has 2 heterocycles. The van der Waals surface area contributed by atoms with Crippen LogP contribution in [0.25, 0.3) is 34.2 Å². The van der Waals surface area contributed by atoms with Gasteiger partial charge in [-0.3, -0.25) is 0 Å². The van der Waals surface area contributed by atoms with Crippen molar-refractivity contribution in [2.24, 2.45) is 0 Å². The summed E-state index contributed by atoms with van der Waals surface area (Å²) < 4.78 is 0. The lowest BCUT2D eigenvalue weighted by molar-refractivity contribution is 1.03. The Kier molecular flexibility index (Phi) is 4.42. The van der Waals surface area contributed by atoms with Crippen LogP contribution in [-0.4, -0.2) is 24.9 Å². The highest BCUT2D eigenvalue weighted by atomic mass is 15.0. The van der Waals surface area contributed by atoms with Crippen LogP contribution in [0.4, 0.5) is 0 Å². The third-order valence-corrected chi connectivity index (χ3v) is 4.29. The highest BCUT2D eigenvalue weighted by Gasteiger charge is 2.12. The van der Waals surface area contributed by atoms with Gasteiger partial charge in [-0.1, -0.05) is 59.7 Å². The lowest BCUT2D eigenvalue weighted by Crippen LogP contribution is -2.01. The van der Waals surface area contributed by atoms with Gasteiger partial charge in [0, 0.05) is 23.5 Å². The average Bonchev–Trinajstić information content (AvgIpc) is 2.69. The first-order valence-corrected chi connectivity index (χ1v) is 8.78. The number of rotatable bonds is 3. The van der Waals surface area contributed by atoms with E-state index in [9.17, 15) is 0 Å². The van der Waals surface area contributed by atoms with Gasteiger partial charge >= 0.3 is 0 Å². The number of aromatic nitrogens is 5. The molecule has 0 unspecified atom stereocenters. The van der Waals surface area contributed by atoms with Gasteiger partial charge in [0.25, 0.3) is 0 Å². The first-order valence-electron chi connectivity index (χ1n) is 8.78. The first kappa shape index (κ1) is 17.0. The molecular weight excluding hydrogens is 334 g/mol. The van der Waals surface area contributed by atoms with E-state index in [2.05, 4.69) is 58.0 Å². The maximum absolute atomic E-state index is 4.71. The van der Waals surface area contributed by atoms with Gasteiger partial charge in [-0.05, 0) is 20.8 Å². The summed E-state index contributed by atoms with van der Waals surface area (Å²) >= 11 is 0. The van der Waals surface area contributed by atoms with Gasteiger partial charge < -0.3 is 0 Å². The van der Waals surface area contributed by atoms with Crippen molar-refractivity contribution < 1.29 is 0 Å². The van der Waals surface area contributed by atoms with E-state index in [4.69, 9.17) is 4.98 Å². The highest BCUT2D eigenvalue weighted by Crippen LogP contribution is 2.24. The Morgan fingerprint density at radius 2 is 0.852 bits per heavy atom. The number of nitrogens with zero attached hydrogens (tertiary/aromatic N) is 5. The van der Waals surface area contributed by atoms with Crippen LogP contribution in [0.3, 0.4) is 0 Å². The normalized spacial score (nSPS) is 10.8. The molecule has 4 rings (SSSR count). The minimum absolute atomic E-state index is 0.566. The fraction of sp³-hybridized carbons (Fsp3) is 0.136. The van der Waals surface area contributed by atoms with Crippen molar-refractivity contribution >= 4 is 0 Å². The van der Waals surface area contributed by atoms with Crippen LogP contribution in [0.1, 0.15) is 17.0 Å². The van der Waals surface area contributed by atoms with Gasteiger partial charge in [-0.2, -0.15) is 0 Å². The van der Waals surface area contributed by atoms with Gasteiger partial charge in [0.1, 0.15) is 5.82 Å². The van der Waals surface area contributed by atoms with Gasteiger partial charge in [0.05, 0.1) is 5.56 Å². The molecule has 2 aromatic heterocycles. The molecular formula is C22H19N5. The molecule has 132 valence electrons. The summed E-state index contributed by atoms with van der Waals surface area (Å²) in [4.78, 5) is 22.6. The molecule has 0 fully saturated rings. The van der Waals surface area contributed by atoms with E-state index >= 15 is 0 Å². The molecule has 0 saturated carbocycles. The third kappa shape index (κ3) is 3.72. The maximum Gasteiger partial charge on any atom is 0.167 e. The fourth-order valence-electron chi connectivity index (χ4n) is 2.68. The van der Waals surface area contributed by atoms with Crippen LogP contribution in [0.15, 0.2) is 60.9 Å². The van der Waals surface area contributed by atoms with Crippen molar-refractivity contribution in [3.05, 3.63) is 77.9 Å². The molecule has 0 spiro atoms. The third-order valence-electron chi connectivity index (χ3n) is 4.29. The predicted molar refractivity (Wildman–Crippen MR) is 106 cm³/mol. The Balaban J connectivity index is 1.89. The zero-order valence-electron chi connectivity index (χ0n) is 15.5. The van der Waals surface area contributed by atoms with Gasteiger partial charge in [0.15, 0.2) is 17.5 Å². The van der Waals surface area contributed by atoms with E-state index < -0.39 is 0 Å². The topological polar surface area (TPSA) is 64.5 Å². The second-order valence-electron chi connectivity index (χ2n) is 6.56. The molecule has 2 aromatic carbocycles. The van der Waals surface area contributed by atoms with Crippen molar-refractivity contribution in [3.8, 4) is 34.2 Å². The fourth-order valence-corrected chi connectivity index (χ4v) is 2.68. The zero-order chi connectivity index (χ0) is 18.8. The van der Waals surface area contributed by atoms with Crippen molar-refractivity contribution in [1.29, 1.82) is 0 Å². The summed E-state index contributed by atoms with van der Waals surface area (Å²) in [5, 5.41) is 0. The average molecular weight is 353 g/mol. The van der Waals surface area contributed by atoms with Gasteiger partial charge in [-0.25, -0.2) is 24.9 Å². The first-order chi connectivity index (χ1) is 13.1. The van der Waals surface area contributed by atoms with Crippen LogP contribution >= 0.6 is 0 Å². The van der Waals surface area contributed by atoms with E-state index in [1.807, 2.05) is 31.2 Å². The Morgan fingerprint density at radius 1 is 0.481 bits per heavy atom. The summed E-state index contributed by atoms with van der Waals surface area (Å²) in [6.07, 6.45) is 3.49. The van der Waals surface area contributed by atoms with Crippen molar-refractivity contribution in [1.82, 2.24) is 24.9 Å². The molecule has 0 aliphatic rings. The van der Waals surface area contributed by atoms with Gasteiger partial charge in [0.2, 0.25) is 0 Å². The van der Waals surface area contributed by atoms with Crippen molar-refractivity contribution in [2.45, 2.75) is 20.8 Å². The van der Waals surface area contributed by atoms with Crippen molar-refractivity contribution in [3.63, 3.8) is 0 Å². The maximum atomic E-state index is 4.71. The largest absolute Gasteiger partial charge is 0.241 e. The molecule has 0 saturated heterocycles. The Morgan fingerprint density at radius 3 is 1.26 bits per heavy atom. The summed E-state index contributed by atoms with van der Waals surface area (Å²) in [5.41, 5.74) is 5.05. The Labute approximate surface area is 158 Å². The molecule has 27 heavy (non-hydrogen) atoms. The summed E-state index contributed by atoms with van der Waals surface area (Å²) in [6.45, 7) is 5.97. The molecule has 0 atom stereocenters. The zero-order valence-corrected chi connectivity index (χ0v) is 15.5. The molecule has 4 aromatic rings. The molecule has 0 aliphatic heterocycles. The minimum atomic E-state index is 0.566. The Bertz CT molecular complexity index is 915. The molecule has 5 nitrogen and oxygen atoms in total. The SMILES string of the molecule is Cc1ccc(-c2nc(-c3ccc(C)cc3)nc(-c3cnc(C)nc3)n2)cc1. The van der Waals surface area contributed by atoms with E-state index in [0.29, 0.717) is 23.3 Å². The predicted octanol–water partition coefficient (Wildman–Crippen LogP) is 4.59. The molecule has 0 aliphatic carbocycles. The van der Waals surface area contributed by atoms with Crippen LogP contribution in [0.2, 0.25) is 0 Å². The Hall–Kier alpha value is -3.47. The lowest BCUT2D eigenvalue weighted by atomic mass is 10.1. The van der Waals surface area contributed by atoms with Crippen LogP contribution in [-0.2, 0) is 0 Å². The molecule has 0 bridgehead atoms. The van der Waals surface area contributed by atoms with E-state index in [1.165, 1.54) is 11.1 Å². The van der Waals surface area contributed by atoms with Crippen LogP contribution in [0.5, 0.6) is 0 Å². The number of aryl methyl sites for hydroxylation is 3.